The van der Waals surface area contributed by atoms with E-state index in [-0.39, 0.29) is 28.7 Å². The molecular weight excluding hydrogens is 380 g/mol. The van der Waals surface area contributed by atoms with Crippen LogP contribution in [-0.2, 0) is 0 Å². The van der Waals surface area contributed by atoms with E-state index in [4.69, 9.17) is 0 Å². The lowest BCUT2D eigenvalue weighted by molar-refractivity contribution is 0.0693. The molecule has 2 aromatic carbocycles. The van der Waals surface area contributed by atoms with Crippen molar-refractivity contribution in [2.75, 3.05) is 20.1 Å². The highest BCUT2D eigenvalue weighted by Gasteiger charge is 2.34. The SMILES string of the molecule is CN1C(=O)c2ccc(C(=O)NC3CNCCC3c3ccc(F)c(F)c3)cc2C1=O. The van der Waals surface area contributed by atoms with E-state index in [1.165, 1.54) is 37.4 Å². The minimum Gasteiger partial charge on any atom is -0.347 e. The highest BCUT2D eigenvalue weighted by molar-refractivity contribution is 6.21. The molecule has 1 fully saturated rings. The number of carbonyl (C=O) groups is 3. The molecule has 6 nitrogen and oxygen atoms in total. The van der Waals surface area contributed by atoms with Crippen molar-refractivity contribution < 1.29 is 23.2 Å². The molecule has 0 aromatic heterocycles. The Labute approximate surface area is 165 Å². The normalized spacial score (nSPS) is 21.3. The van der Waals surface area contributed by atoms with Gasteiger partial charge in [0.1, 0.15) is 0 Å². The van der Waals surface area contributed by atoms with Crippen molar-refractivity contribution in [3.63, 3.8) is 0 Å². The van der Waals surface area contributed by atoms with Gasteiger partial charge in [0.25, 0.3) is 17.7 Å². The molecule has 29 heavy (non-hydrogen) atoms. The van der Waals surface area contributed by atoms with Crippen molar-refractivity contribution in [3.8, 4) is 0 Å². The van der Waals surface area contributed by atoms with Crippen LogP contribution in [0.15, 0.2) is 36.4 Å². The molecule has 0 saturated carbocycles. The van der Waals surface area contributed by atoms with E-state index in [0.717, 1.165) is 11.0 Å². The maximum absolute atomic E-state index is 13.7. The molecule has 0 spiro atoms. The van der Waals surface area contributed by atoms with Crippen LogP contribution in [0, 0.1) is 11.6 Å². The van der Waals surface area contributed by atoms with Crippen molar-refractivity contribution in [2.24, 2.45) is 0 Å². The van der Waals surface area contributed by atoms with E-state index in [2.05, 4.69) is 10.6 Å². The van der Waals surface area contributed by atoms with E-state index >= 15 is 0 Å². The Bertz CT molecular complexity index is 1020. The van der Waals surface area contributed by atoms with Crippen LogP contribution in [0.1, 0.15) is 49.0 Å². The molecule has 3 amide bonds. The lowest BCUT2D eigenvalue weighted by atomic mass is 9.85. The van der Waals surface area contributed by atoms with Gasteiger partial charge in [0.15, 0.2) is 11.6 Å². The number of piperidine rings is 1. The summed E-state index contributed by atoms with van der Waals surface area (Å²) in [6, 6.07) is 7.83. The summed E-state index contributed by atoms with van der Waals surface area (Å²) < 4.78 is 27.0. The topological polar surface area (TPSA) is 78.5 Å². The van der Waals surface area contributed by atoms with Gasteiger partial charge in [0, 0.05) is 31.1 Å². The monoisotopic (exact) mass is 399 g/mol. The van der Waals surface area contributed by atoms with Gasteiger partial charge in [-0.2, -0.15) is 0 Å². The third-order valence-electron chi connectivity index (χ3n) is 5.52. The standard InChI is InChI=1S/C21H19F2N3O3/c1-26-20(28)14-4-2-12(8-15(14)21(26)29)19(27)25-18-10-24-7-6-13(18)11-3-5-16(22)17(23)9-11/h2-5,8-9,13,18,24H,6-7,10H2,1H3,(H,25,27). The quantitative estimate of drug-likeness (QED) is 0.775. The Hall–Kier alpha value is -3.13. The Morgan fingerprint density at radius 3 is 2.59 bits per heavy atom. The van der Waals surface area contributed by atoms with Gasteiger partial charge < -0.3 is 10.6 Å². The predicted octanol–water partition coefficient (Wildman–Crippen LogP) is 2.07. The van der Waals surface area contributed by atoms with Gasteiger partial charge in [-0.15, -0.1) is 0 Å². The predicted molar refractivity (Wildman–Crippen MR) is 101 cm³/mol. The Kier molecular flexibility index (Phi) is 4.87. The molecule has 0 aliphatic carbocycles. The molecule has 0 bridgehead atoms. The number of benzene rings is 2. The van der Waals surface area contributed by atoms with Crippen molar-refractivity contribution in [3.05, 3.63) is 70.3 Å². The molecule has 2 heterocycles. The maximum atomic E-state index is 13.7. The zero-order chi connectivity index (χ0) is 20.7. The lowest BCUT2D eigenvalue weighted by Gasteiger charge is -2.33. The highest BCUT2D eigenvalue weighted by atomic mass is 19.2. The molecule has 2 aromatic rings. The van der Waals surface area contributed by atoms with E-state index in [9.17, 15) is 23.2 Å². The summed E-state index contributed by atoms with van der Waals surface area (Å²) >= 11 is 0. The number of imide groups is 1. The van der Waals surface area contributed by atoms with Crippen molar-refractivity contribution in [1.82, 2.24) is 15.5 Å². The van der Waals surface area contributed by atoms with Crippen LogP contribution >= 0.6 is 0 Å². The van der Waals surface area contributed by atoms with Crippen molar-refractivity contribution in [2.45, 2.75) is 18.4 Å². The molecule has 2 N–H and O–H groups in total. The van der Waals surface area contributed by atoms with Crippen molar-refractivity contribution >= 4 is 17.7 Å². The second-order valence-electron chi connectivity index (χ2n) is 7.28. The fourth-order valence-electron chi connectivity index (χ4n) is 3.91. The molecule has 2 unspecified atom stereocenters. The summed E-state index contributed by atoms with van der Waals surface area (Å²) in [7, 11) is 1.39. The van der Waals surface area contributed by atoms with E-state index in [1.54, 1.807) is 0 Å². The summed E-state index contributed by atoms with van der Waals surface area (Å²) in [5, 5.41) is 6.11. The van der Waals surface area contributed by atoms with Crippen LogP contribution in [0.4, 0.5) is 8.78 Å². The summed E-state index contributed by atoms with van der Waals surface area (Å²) in [5.41, 5.74) is 1.35. The van der Waals surface area contributed by atoms with Crippen LogP contribution in [0.2, 0.25) is 0 Å². The number of hydrogen-bond donors (Lipinski definition) is 2. The number of halogens is 2. The molecule has 150 valence electrons. The van der Waals surface area contributed by atoms with Gasteiger partial charge in [-0.3, -0.25) is 19.3 Å². The second-order valence-corrected chi connectivity index (χ2v) is 7.28. The summed E-state index contributed by atoms with van der Waals surface area (Å²) in [4.78, 5) is 38.0. The molecular formula is C21H19F2N3O3. The van der Waals surface area contributed by atoms with Crippen LogP contribution < -0.4 is 10.6 Å². The van der Waals surface area contributed by atoms with Gasteiger partial charge in [-0.25, -0.2) is 8.78 Å². The third kappa shape index (κ3) is 3.40. The minimum atomic E-state index is -0.919. The lowest BCUT2D eigenvalue weighted by Crippen LogP contribution is -2.50. The third-order valence-corrected chi connectivity index (χ3v) is 5.52. The van der Waals surface area contributed by atoms with Crippen molar-refractivity contribution in [1.29, 1.82) is 0 Å². The highest BCUT2D eigenvalue weighted by Crippen LogP contribution is 2.28. The zero-order valence-corrected chi connectivity index (χ0v) is 15.7. The molecule has 8 heteroatoms. The first-order valence-corrected chi connectivity index (χ1v) is 9.30. The summed E-state index contributed by atoms with van der Waals surface area (Å²) in [6.07, 6.45) is 0.651. The van der Waals surface area contributed by atoms with Gasteiger partial charge in [0.2, 0.25) is 0 Å². The number of carbonyl (C=O) groups excluding carboxylic acids is 3. The average Bonchev–Trinajstić information content (AvgIpc) is 2.94. The molecule has 2 aliphatic heterocycles. The molecule has 4 rings (SSSR count). The van der Waals surface area contributed by atoms with E-state index < -0.39 is 29.4 Å². The van der Waals surface area contributed by atoms with E-state index in [0.29, 0.717) is 25.1 Å². The van der Waals surface area contributed by atoms with Gasteiger partial charge in [-0.1, -0.05) is 6.07 Å². The molecule has 0 radical (unpaired) electrons. The Morgan fingerprint density at radius 1 is 1.07 bits per heavy atom. The number of nitrogens with one attached hydrogen (secondary N) is 2. The Balaban J connectivity index is 1.56. The van der Waals surface area contributed by atoms with Gasteiger partial charge >= 0.3 is 0 Å². The summed E-state index contributed by atoms with van der Waals surface area (Å²) in [5.74, 6) is -3.25. The molecule has 2 atom stereocenters. The van der Waals surface area contributed by atoms with E-state index in [1.807, 2.05) is 0 Å². The number of nitrogens with zero attached hydrogens (tertiary/aromatic N) is 1. The fraction of sp³-hybridized carbons (Fsp3) is 0.286. The number of fused-ring (bicyclic) bond motifs is 1. The smallest absolute Gasteiger partial charge is 0.261 e. The van der Waals surface area contributed by atoms with Gasteiger partial charge in [0.05, 0.1) is 11.1 Å². The largest absolute Gasteiger partial charge is 0.347 e. The zero-order valence-electron chi connectivity index (χ0n) is 15.7. The second kappa shape index (κ2) is 7.36. The minimum absolute atomic E-state index is 0.181. The molecule has 2 aliphatic rings. The van der Waals surface area contributed by atoms with Crippen LogP contribution in [0.3, 0.4) is 0 Å². The van der Waals surface area contributed by atoms with Gasteiger partial charge in [-0.05, 0) is 48.9 Å². The number of amides is 3. The first-order valence-electron chi connectivity index (χ1n) is 9.30. The molecule has 1 saturated heterocycles. The maximum Gasteiger partial charge on any atom is 0.261 e. The first kappa shape index (κ1) is 19.2. The van der Waals surface area contributed by atoms with Crippen LogP contribution in [0.5, 0.6) is 0 Å². The number of rotatable bonds is 3. The average molecular weight is 399 g/mol. The first-order chi connectivity index (χ1) is 13.9. The Morgan fingerprint density at radius 2 is 1.83 bits per heavy atom. The van der Waals surface area contributed by atoms with Crippen LogP contribution in [0.25, 0.3) is 0 Å². The van der Waals surface area contributed by atoms with Crippen LogP contribution in [-0.4, -0.2) is 48.8 Å². The fourth-order valence-corrected chi connectivity index (χ4v) is 3.91. The number of hydrogen-bond acceptors (Lipinski definition) is 4. The summed E-state index contributed by atoms with van der Waals surface area (Å²) in [6.45, 7) is 1.17.